The Morgan fingerprint density at radius 3 is 2.51 bits per heavy atom. The van der Waals surface area contributed by atoms with E-state index in [9.17, 15) is 19.5 Å². The predicted octanol–water partition coefficient (Wildman–Crippen LogP) is 3.38. The van der Waals surface area contributed by atoms with Gasteiger partial charge in [-0.25, -0.2) is 4.79 Å². The molecule has 4 rings (SSSR count). The van der Waals surface area contributed by atoms with Gasteiger partial charge in [0.15, 0.2) is 11.5 Å². The zero-order chi connectivity index (χ0) is 24.9. The van der Waals surface area contributed by atoms with Crippen molar-refractivity contribution >= 4 is 35.6 Å². The van der Waals surface area contributed by atoms with Gasteiger partial charge >= 0.3 is 6.03 Å². The molecule has 0 radical (unpaired) electrons. The van der Waals surface area contributed by atoms with E-state index < -0.39 is 17.9 Å². The molecule has 0 spiro atoms. The average molecular weight is 492 g/mol. The predicted molar refractivity (Wildman–Crippen MR) is 127 cm³/mol. The normalized spacial score (nSPS) is 14.2. The van der Waals surface area contributed by atoms with E-state index in [2.05, 4.69) is 5.32 Å². The number of ether oxygens (including phenoxy) is 2. The van der Waals surface area contributed by atoms with Gasteiger partial charge in [0, 0.05) is 5.02 Å². The lowest BCUT2D eigenvalue weighted by molar-refractivity contribution is -0.255. The number of amides is 3. The van der Waals surface area contributed by atoms with Crippen molar-refractivity contribution in [1.82, 2.24) is 10.2 Å². The lowest BCUT2D eigenvalue weighted by Gasteiger charge is -2.12. The van der Waals surface area contributed by atoms with Gasteiger partial charge in [0.05, 0.1) is 19.6 Å². The van der Waals surface area contributed by atoms with Gasteiger partial charge in [-0.3, -0.25) is 9.69 Å². The fourth-order valence-electron chi connectivity index (χ4n) is 3.50. The van der Waals surface area contributed by atoms with Gasteiger partial charge < -0.3 is 24.7 Å². The van der Waals surface area contributed by atoms with Gasteiger partial charge in [0.1, 0.15) is 12.3 Å². The zero-order valence-electron chi connectivity index (χ0n) is 18.6. The zero-order valence-corrected chi connectivity index (χ0v) is 19.4. The molecular formula is C26H20ClN2O6-. The minimum absolute atomic E-state index is 0.0634. The molecular weight excluding hydrogens is 472 g/mol. The van der Waals surface area contributed by atoms with E-state index in [0.717, 1.165) is 10.5 Å². The second-order valence-corrected chi connectivity index (χ2v) is 8.13. The molecule has 3 aromatic carbocycles. The molecule has 178 valence electrons. The fourth-order valence-corrected chi connectivity index (χ4v) is 3.62. The Labute approximate surface area is 206 Å². The smallest absolute Gasteiger partial charge is 0.329 e. The Kier molecular flexibility index (Phi) is 7.03. The van der Waals surface area contributed by atoms with Crippen molar-refractivity contribution < 1.29 is 29.0 Å². The Bertz CT molecular complexity index is 1320. The maximum Gasteiger partial charge on any atom is 0.329 e. The number of hydrogen-bond donors (Lipinski definition) is 1. The number of carbonyl (C=O) groups is 3. The number of carboxylic acid groups (broad SMARTS) is 1. The highest BCUT2D eigenvalue weighted by Crippen LogP contribution is 2.30. The molecule has 35 heavy (non-hydrogen) atoms. The first-order valence-corrected chi connectivity index (χ1v) is 10.9. The molecule has 0 bridgehead atoms. The van der Waals surface area contributed by atoms with Gasteiger partial charge in [-0.05, 0) is 58.7 Å². The molecule has 0 atom stereocenters. The molecule has 1 aliphatic heterocycles. The van der Waals surface area contributed by atoms with Gasteiger partial charge in [0.2, 0.25) is 0 Å². The number of nitrogens with zero attached hydrogens (tertiary/aromatic N) is 1. The molecule has 0 saturated carbocycles. The fraction of sp³-hybridized carbons (Fsp3) is 0.115. The first kappa shape index (κ1) is 23.8. The van der Waals surface area contributed by atoms with Crippen LogP contribution in [0.4, 0.5) is 4.79 Å². The van der Waals surface area contributed by atoms with Crippen LogP contribution in [0.5, 0.6) is 11.5 Å². The van der Waals surface area contributed by atoms with Crippen LogP contribution in [-0.4, -0.2) is 29.9 Å². The van der Waals surface area contributed by atoms with Gasteiger partial charge in [-0.15, -0.1) is 0 Å². The topological polar surface area (TPSA) is 108 Å². The Balaban J connectivity index is 1.47. The van der Waals surface area contributed by atoms with Gasteiger partial charge in [-0.1, -0.05) is 48.0 Å². The summed E-state index contributed by atoms with van der Waals surface area (Å²) >= 11 is 5.89. The second-order valence-electron chi connectivity index (χ2n) is 7.69. The molecule has 1 aliphatic rings. The van der Waals surface area contributed by atoms with Crippen LogP contribution in [0, 0.1) is 0 Å². The first-order valence-electron chi connectivity index (χ1n) is 10.5. The van der Waals surface area contributed by atoms with Crippen LogP contribution in [0.1, 0.15) is 27.0 Å². The van der Waals surface area contributed by atoms with Crippen molar-refractivity contribution in [2.24, 2.45) is 0 Å². The van der Waals surface area contributed by atoms with Crippen LogP contribution in [-0.2, 0) is 17.9 Å². The maximum atomic E-state index is 12.8. The highest BCUT2D eigenvalue weighted by molar-refractivity contribution is 6.30. The third-order valence-electron chi connectivity index (χ3n) is 5.27. The third-order valence-corrected chi connectivity index (χ3v) is 5.52. The summed E-state index contributed by atoms with van der Waals surface area (Å²) in [5, 5.41) is 14.2. The van der Waals surface area contributed by atoms with E-state index in [0.29, 0.717) is 27.6 Å². The van der Waals surface area contributed by atoms with Crippen LogP contribution in [0.3, 0.4) is 0 Å². The van der Waals surface area contributed by atoms with Gasteiger partial charge in [0.25, 0.3) is 5.91 Å². The van der Waals surface area contributed by atoms with Crippen LogP contribution >= 0.6 is 11.6 Å². The molecule has 9 heteroatoms. The monoisotopic (exact) mass is 491 g/mol. The molecule has 3 amide bonds. The summed E-state index contributed by atoms with van der Waals surface area (Å²) in [6, 6.07) is 17.7. The van der Waals surface area contributed by atoms with Crippen molar-refractivity contribution in [1.29, 1.82) is 0 Å². The molecule has 0 aliphatic carbocycles. The number of imide groups is 1. The number of benzene rings is 3. The van der Waals surface area contributed by atoms with E-state index in [1.54, 1.807) is 60.7 Å². The summed E-state index contributed by atoms with van der Waals surface area (Å²) in [6.45, 7) is 0.237. The van der Waals surface area contributed by atoms with Crippen molar-refractivity contribution in [3.8, 4) is 11.5 Å². The highest BCUT2D eigenvalue weighted by atomic mass is 35.5. The first-order chi connectivity index (χ1) is 16.8. The average Bonchev–Trinajstić information content (AvgIpc) is 3.11. The minimum Gasteiger partial charge on any atom is -0.545 e. The molecule has 1 fully saturated rings. The number of carboxylic acids is 1. The number of urea groups is 1. The number of carbonyl (C=O) groups excluding carboxylic acids is 3. The van der Waals surface area contributed by atoms with E-state index in [1.165, 1.54) is 19.2 Å². The van der Waals surface area contributed by atoms with Crippen LogP contribution in [0.15, 0.2) is 72.4 Å². The summed E-state index contributed by atoms with van der Waals surface area (Å²) in [6.07, 6.45) is 1.55. The van der Waals surface area contributed by atoms with E-state index in [-0.39, 0.29) is 24.4 Å². The van der Waals surface area contributed by atoms with E-state index in [1.807, 2.05) is 0 Å². The largest absolute Gasteiger partial charge is 0.545 e. The van der Waals surface area contributed by atoms with E-state index >= 15 is 0 Å². The number of hydrogen-bond acceptors (Lipinski definition) is 6. The summed E-state index contributed by atoms with van der Waals surface area (Å²) in [5.41, 5.74) is 2.24. The van der Waals surface area contributed by atoms with Crippen molar-refractivity contribution in [3.63, 3.8) is 0 Å². The number of rotatable bonds is 8. The third kappa shape index (κ3) is 5.62. The maximum absolute atomic E-state index is 12.8. The Morgan fingerprint density at radius 1 is 1.03 bits per heavy atom. The van der Waals surface area contributed by atoms with Crippen LogP contribution in [0.2, 0.25) is 5.02 Å². The second kappa shape index (κ2) is 10.3. The highest BCUT2D eigenvalue weighted by Gasteiger charge is 2.33. The number of aromatic carboxylic acids is 1. The van der Waals surface area contributed by atoms with Crippen LogP contribution < -0.4 is 19.9 Å². The minimum atomic E-state index is -1.26. The Morgan fingerprint density at radius 2 is 1.80 bits per heavy atom. The van der Waals surface area contributed by atoms with E-state index in [4.69, 9.17) is 21.1 Å². The molecule has 8 nitrogen and oxygen atoms in total. The molecule has 1 heterocycles. The van der Waals surface area contributed by atoms with Crippen molar-refractivity contribution in [3.05, 3.63) is 99.7 Å². The summed E-state index contributed by atoms with van der Waals surface area (Å²) in [4.78, 5) is 37.3. The number of nitrogens with one attached hydrogen (secondary N) is 1. The molecule has 0 aromatic heterocycles. The SMILES string of the molecule is COc1cc(/C=C2\NC(=O)N(Cc3ccc(Cl)cc3)C2=O)ccc1OCc1cccc(C(=O)[O-])c1. The molecule has 1 saturated heterocycles. The standard InChI is InChI=1S/C26H21ClN2O6/c1-34-23-13-17(7-10-22(23)35-15-18-3-2-4-19(11-18)25(31)32)12-21-24(30)29(26(33)28-21)14-16-5-8-20(27)9-6-16/h2-13H,14-15H2,1H3,(H,28,33)(H,31,32)/p-1/b21-12-. The van der Waals surface area contributed by atoms with Crippen LogP contribution in [0.25, 0.3) is 6.08 Å². The molecule has 1 N–H and O–H groups in total. The summed E-state index contributed by atoms with van der Waals surface area (Å²) in [5.74, 6) is -0.871. The van der Waals surface area contributed by atoms with Gasteiger partial charge in [-0.2, -0.15) is 0 Å². The molecule has 3 aromatic rings. The Hall–Kier alpha value is -4.30. The van der Waals surface area contributed by atoms with Crippen molar-refractivity contribution in [2.45, 2.75) is 13.2 Å². The number of halogens is 1. The number of methoxy groups -OCH3 is 1. The molecule has 0 unspecified atom stereocenters. The lowest BCUT2D eigenvalue weighted by atomic mass is 10.1. The summed E-state index contributed by atoms with van der Waals surface area (Å²) < 4.78 is 11.2. The quantitative estimate of drug-likeness (QED) is 0.382. The lowest BCUT2D eigenvalue weighted by Crippen LogP contribution is -2.30. The van der Waals surface area contributed by atoms with Crippen molar-refractivity contribution in [2.75, 3.05) is 7.11 Å². The summed E-state index contributed by atoms with van der Waals surface area (Å²) in [7, 11) is 1.48.